The van der Waals surface area contributed by atoms with Crippen molar-refractivity contribution in [3.63, 3.8) is 0 Å². The lowest BCUT2D eigenvalue weighted by atomic mass is 10.0. The van der Waals surface area contributed by atoms with Crippen LogP contribution in [0, 0.1) is 13.8 Å². The van der Waals surface area contributed by atoms with Crippen LogP contribution in [0.2, 0.25) is 0 Å². The lowest BCUT2D eigenvalue weighted by Gasteiger charge is -2.16. The second-order valence-corrected chi connectivity index (χ2v) is 7.81. The molecule has 3 aromatic carbocycles. The quantitative estimate of drug-likeness (QED) is 0.451. The Kier molecular flexibility index (Phi) is 5.97. The van der Waals surface area contributed by atoms with E-state index in [4.69, 9.17) is 4.74 Å². The first kappa shape index (κ1) is 19.2. The molecule has 0 atom stereocenters. The first-order valence-corrected chi connectivity index (χ1v) is 9.85. The van der Waals surface area contributed by atoms with Crippen LogP contribution >= 0.6 is 11.9 Å². The maximum absolute atomic E-state index is 10.0. The average Bonchev–Trinajstić information content (AvgIpc) is 2.65. The Labute approximate surface area is 165 Å². The largest absolute Gasteiger partial charge is 0.508 e. The number of ether oxygens (including phenoxy) is 1. The Bertz CT molecular complexity index is 900. The van der Waals surface area contributed by atoms with Gasteiger partial charge in [-0.05, 0) is 85.3 Å². The highest BCUT2D eigenvalue weighted by atomic mass is 32.2. The Morgan fingerprint density at radius 3 is 2.22 bits per heavy atom. The van der Waals surface area contributed by atoms with Gasteiger partial charge in [0.25, 0.3) is 0 Å². The molecule has 27 heavy (non-hydrogen) atoms. The van der Waals surface area contributed by atoms with Crippen molar-refractivity contribution >= 4 is 17.6 Å². The van der Waals surface area contributed by atoms with Gasteiger partial charge < -0.3 is 14.6 Å². The number of aromatic hydroxyl groups is 1. The fraction of sp³-hybridized carbons (Fsp3) is 0.217. The van der Waals surface area contributed by atoms with E-state index in [0.29, 0.717) is 5.75 Å². The van der Waals surface area contributed by atoms with Gasteiger partial charge >= 0.3 is 0 Å². The normalized spacial score (nSPS) is 10.9. The van der Waals surface area contributed by atoms with E-state index in [1.165, 1.54) is 4.90 Å². The molecule has 3 nitrogen and oxygen atoms in total. The van der Waals surface area contributed by atoms with Crippen LogP contribution in [0.15, 0.2) is 65.6 Å². The summed E-state index contributed by atoms with van der Waals surface area (Å²) in [5, 5.41) is 10.0. The van der Waals surface area contributed by atoms with Gasteiger partial charge in [0, 0.05) is 16.1 Å². The van der Waals surface area contributed by atoms with Gasteiger partial charge in [-0.3, -0.25) is 0 Å². The van der Waals surface area contributed by atoms with Crippen LogP contribution in [0.1, 0.15) is 36.5 Å². The van der Waals surface area contributed by atoms with E-state index in [2.05, 4.69) is 42.8 Å². The molecule has 0 fully saturated rings. The Morgan fingerprint density at radius 1 is 0.926 bits per heavy atom. The molecular weight excluding hydrogens is 354 g/mol. The van der Waals surface area contributed by atoms with Gasteiger partial charge in [-0.2, -0.15) is 0 Å². The van der Waals surface area contributed by atoms with Crippen LogP contribution in [-0.2, 0) is 0 Å². The Hall–Kier alpha value is -2.59. The van der Waals surface area contributed by atoms with Crippen LogP contribution in [-0.4, -0.2) is 5.11 Å². The Morgan fingerprint density at radius 2 is 1.59 bits per heavy atom. The fourth-order valence-electron chi connectivity index (χ4n) is 2.95. The van der Waals surface area contributed by atoms with Crippen molar-refractivity contribution in [2.75, 3.05) is 4.72 Å². The highest BCUT2D eigenvalue weighted by Crippen LogP contribution is 2.36. The minimum atomic E-state index is 0.234. The predicted octanol–water partition coefficient (Wildman–Crippen LogP) is 7.04. The lowest BCUT2D eigenvalue weighted by molar-refractivity contribution is 0.452. The zero-order valence-corrected chi connectivity index (χ0v) is 16.9. The molecule has 0 aliphatic rings. The summed E-state index contributed by atoms with van der Waals surface area (Å²) in [5.74, 6) is 2.13. The zero-order chi connectivity index (χ0) is 19.4. The first-order valence-electron chi connectivity index (χ1n) is 9.04. The minimum absolute atomic E-state index is 0.234. The van der Waals surface area contributed by atoms with Crippen LogP contribution < -0.4 is 9.46 Å². The molecule has 0 amide bonds. The summed E-state index contributed by atoms with van der Waals surface area (Å²) >= 11 is 1.59. The average molecular weight is 380 g/mol. The second-order valence-electron chi connectivity index (χ2n) is 6.93. The maximum atomic E-state index is 10.0. The van der Waals surface area contributed by atoms with Crippen molar-refractivity contribution < 1.29 is 9.84 Å². The molecule has 0 aromatic heterocycles. The van der Waals surface area contributed by atoms with Crippen molar-refractivity contribution in [1.29, 1.82) is 0 Å². The Balaban J connectivity index is 1.78. The predicted molar refractivity (Wildman–Crippen MR) is 114 cm³/mol. The molecule has 0 heterocycles. The number of benzene rings is 3. The van der Waals surface area contributed by atoms with Crippen molar-refractivity contribution in [3.05, 3.63) is 77.4 Å². The molecule has 0 radical (unpaired) electrons. The van der Waals surface area contributed by atoms with E-state index in [1.807, 2.05) is 38.1 Å². The van der Waals surface area contributed by atoms with Crippen molar-refractivity contribution in [2.24, 2.45) is 0 Å². The summed E-state index contributed by atoms with van der Waals surface area (Å²) in [6.07, 6.45) is 0. The van der Waals surface area contributed by atoms with Gasteiger partial charge in [0.2, 0.25) is 0 Å². The van der Waals surface area contributed by atoms with Gasteiger partial charge in [0.15, 0.2) is 0 Å². The molecule has 0 aliphatic carbocycles. The molecule has 140 valence electrons. The maximum Gasteiger partial charge on any atom is 0.133 e. The van der Waals surface area contributed by atoms with Crippen LogP contribution in [0.4, 0.5) is 5.69 Å². The molecule has 0 aliphatic heterocycles. The summed E-state index contributed by atoms with van der Waals surface area (Å²) in [5.41, 5.74) is 4.05. The molecular formula is C23H25NO2S. The first-order chi connectivity index (χ1) is 12.9. The monoisotopic (exact) mass is 379 g/mol. The highest BCUT2D eigenvalue weighted by Gasteiger charge is 2.11. The topological polar surface area (TPSA) is 41.5 Å². The van der Waals surface area contributed by atoms with E-state index >= 15 is 0 Å². The number of phenolic OH excluding ortho intramolecular Hbond substituents is 1. The summed E-state index contributed by atoms with van der Waals surface area (Å²) in [6, 6.07) is 19.8. The standard InChI is InChI=1S/C23H25NO2S/c1-15(2)21-14-19(10-11-22(21)25)26-23-16(3)12-18(13-17(23)4)24-27-20-8-6-5-7-9-20/h5-15,24-25H,1-4H3. The highest BCUT2D eigenvalue weighted by molar-refractivity contribution is 8.00. The van der Waals surface area contributed by atoms with Crippen LogP contribution in [0.25, 0.3) is 0 Å². The van der Waals surface area contributed by atoms with Gasteiger partial charge in [-0.15, -0.1) is 0 Å². The molecule has 0 saturated carbocycles. The third kappa shape index (κ3) is 4.77. The summed E-state index contributed by atoms with van der Waals surface area (Å²) in [4.78, 5) is 1.17. The number of phenols is 1. The van der Waals surface area contributed by atoms with E-state index < -0.39 is 0 Å². The number of hydrogen-bond donors (Lipinski definition) is 2. The van der Waals surface area contributed by atoms with E-state index in [1.54, 1.807) is 24.1 Å². The summed E-state index contributed by atoms with van der Waals surface area (Å²) in [6.45, 7) is 8.20. The molecule has 4 heteroatoms. The number of hydrogen-bond acceptors (Lipinski definition) is 4. The number of aryl methyl sites for hydroxylation is 2. The molecule has 0 spiro atoms. The van der Waals surface area contributed by atoms with Gasteiger partial charge in [0.1, 0.15) is 17.2 Å². The molecule has 3 rings (SSSR count). The molecule has 0 bridgehead atoms. The zero-order valence-electron chi connectivity index (χ0n) is 16.1. The number of rotatable bonds is 6. The number of anilines is 1. The van der Waals surface area contributed by atoms with Gasteiger partial charge in [-0.25, -0.2) is 0 Å². The smallest absolute Gasteiger partial charge is 0.133 e. The lowest BCUT2D eigenvalue weighted by Crippen LogP contribution is -1.96. The summed E-state index contributed by atoms with van der Waals surface area (Å²) in [7, 11) is 0. The van der Waals surface area contributed by atoms with Gasteiger partial charge in [-0.1, -0.05) is 32.0 Å². The van der Waals surface area contributed by atoms with E-state index in [-0.39, 0.29) is 5.92 Å². The third-order valence-electron chi connectivity index (χ3n) is 4.33. The van der Waals surface area contributed by atoms with Crippen molar-refractivity contribution in [1.82, 2.24) is 0 Å². The fourth-order valence-corrected chi connectivity index (χ4v) is 3.60. The van der Waals surface area contributed by atoms with Crippen molar-refractivity contribution in [3.8, 4) is 17.2 Å². The second kappa shape index (κ2) is 8.40. The molecule has 0 unspecified atom stereocenters. The van der Waals surface area contributed by atoms with E-state index in [9.17, 15) is 5.11 Å². The van der Waals surface area contributed by atoms with Crippen LogP contribution in [0.3, 0.4) is 0 Å². The third-order valence-corrected chi connectivity index (χ3v) is 5.18. The molecule has 3 aromatic rings. The summed E-state index contributed by atoms with van der Waals surface area (Å²) < 4.78 is 9.55. The minimum Gasteiger partial charge on any atom is -0.508 e. The van der Waals surface area contributed by atoms with E-state index in [0.717, 1.165) is 33.9 Å². The SMILES string of the molecule is Cc1cc(NSc2ccccc2)cc(C)c1Oc1ccc(O)c(C(C)C)c1. The molecule has 0 saturated heterocycles. The van der Waals surface area contributed by atoms with Crippen LogP contribution in [0.5, 0.6) is 17.2 Å². The number of nitrogens with one attached hydrogen (secondary N) is 1. The van der Waals surface area contributed by atoms with Gasteiger partial charge in [0.05, 0.1) is 0 Å². The van der Waals surface area contributed by atoms with Crippen molar-refractivity contribution in [2.45, 2.75) is 38.5 Å². The molecule has 2 N–H and O–H groups in total.